The van der Waals surface area contributed by atoms with E-state index in [0.717, 1.165) is 102 Å². The summed E-state index contributed by atoms with van der Waals surface area (Å²) in [5.74, 6) is -0.840. The predicted molar refractivity (Wildman–Crippen MR) is 201 cm³/mol. The lowest BCUT2D eigenvalue weighted by atomic mass is 9.57. The first kappa shape index (κ1) is 38.8. The van der Waals surface area contributed by atoms with Crippen molar-refractivity contribution in [2.24, 2.45) is 23.7 Å². The second-order valence-corrected chi connectivity index (χ2v) is 17.4. The third kappa shape index (κ3) is 8.44. The van der Waals surface area contributed by atoms with E-state index in [1.54, 1.807) is 12.1 Å². The third-order valence-corrected chi connectivity index (χ3v) is 14.6. The molecule has 4 aliphatic rings. The number of hydrogen-bond donors (Lipinski definition) is 0. The smallest absolute Gasteiger partial charge is 0.164 e. The molecule has 0 bridgehead atoms. The molecule has 0 unspecified atom stereocenters. The Morgan fingerprint density at radius 2 is 0.882 bits per heavy atom. The van der Waals surface area contributed by atoms with Gasteiger partial charge in [0.15, 0.2) is 23.3 Å². The predicted octanol–water partition coefficient (Wildman–Crippen LogP) is 14.4. The van der Waals surface area contributed by atoms with Crippen LogP contribution in [0.1, 0.15) is 190 Å². The monoisotopic (exact) mass is 711 g/mol. The number of ether oxygens (including phenoxy) is 1. The molecular weight excluding hydrogens is 644 g/mol. The summed E-state index contributed by atoms with van der Waals surface area (Å²) in [5.41, 5.74) is 0.776. The van der Waals surface area contributed by atoms with Crippen molar-refractivity contribution >= 4 is 0 Å². The van der Waals surface area contributed by atoms with Crippen LogP contribution in [0.15, 0.2) is 24.3 Å². The van der Waals surface area contributed by atoms with Crippen molar-refractivity contribution in [2.75, 3.05) is 0 Å². The van der Waals surface area contributed by atoms with Crippen LogP contribution < -0.4 is 0 Å². The number of halogens is 4. The van der Waals surface area contributed by atoms with Crippen LogP contribution in [0.3, 0.4) is 0 Å². The zero-order valence-corrected chi connectivity index (χ0v) is 31.9. The molecule has 0 aromatic heterocycles. The van der Waals surface area contributed by atoms with Gasteiger partial charge in [-0.2, -0.15) is 0 Å². The van der Waals surface area contributed by atoms with Gasteiger partial charge in [0.05, 0.1) is 13.2 Å². The van der Waals surface area contributed by atoms with Crippen molar-refractivity contribution < 1.29 is 22.3 Å². The maximum absolute atomic E-state index is 16.1. The Morgan fingerprint density at radius 1 is 0.510 bits per heavy atom. The normalized spacial score (nSPS) is 26.6. The van der Waals surface area contributed by atoms with E-state index in [1.807, 2.05) is 12.1 Å². The van der Waals surface area contributed by atoms with E-state index < -0.39 is 23.3 Å². The van der Waals surface area contributed by atoms with Crippen molar-refractivity contribution in [3.8, 4) is 0 Å². The molecule has 0 amide bonds. The molecule has 2 aromatic rings. The fraction of sp³-hybridized carbons (Fsp3) is 0.739. The van der Waals surface area contributed by atoms with Gasteiger partial charge in [0.1, 0.15) is 0 Å². The molecule has 0 heterocycles. The van der Waals surface area contributed by atoms with Crippen molar-refractivity contribution in [2.45, 2.75) is 192 Å². The molecule has 0 spiro atoms. The zero-order chi connectivity index (χ0) is 35.8. The molecule has 1 nitrogen and oxygen atoms in total. The summed E-state index contributed by atoms with van der Waals surface area (Å²) in [4.78, 5) is 0. The average Bonchev–Trinajstić information content (AvgIpc) is 3.17. The SMILES string of the molecule is CCCC[C@H]1CC[C@H](C2(c3ccc(COCc4ccc(C5([C@H]6CC[C@H](CCCC)CC6)CCCCC5)c(F)c4F)c(F)c3F)CCCCC2)CC1. The Bertz CT molecular complexity index is 1280. The second kappa shape index (κ2) is 18.0. The molecule has 0 atom stereocenters. The minimum Gasteiger partial charge on any atom is -0.372 e. The Balaban J connectivity index is 1.13. The lowest BCUT2D eigenvalue weighted by Gasteiger charge is -2.47. The lowest BCUT2D eigenvalue weighted by Crippen LogP contribution is -2.40. The van der Waals surface area contributed by atoms with Gasteiger partial charge in [-0.15, -0.1) is 0 Å². The molecule has 0 radical (unpaired) electrons. The quantitative estimate of drug-likeness (QED) is 0.177. The molecule has 4 aliphatic carbocycles. The maximum Gasteiger partial charge on any atom is 0.164 e. The van der Waals surface area contributed by atoms with Crippen molar-refractivity contribution in [1.29, 1.82) is 0 Å². The van der Waals surface area contributed by atoms with Crippen LogP contribution >= 0.6 is 0 Å². The van der Waals surface area contributed by atoms with Gasteiger partial charge in [-0.05, 0) is 86.2 Å². The van der Waals surface area contributed by atoms with Crippen LogP contribution in [0.25, 0.3) is 0 Å². The summed E-state index contributed by atoms with van der Waals surface area (Å²) in [6.45, 7) is 4.12. The summed E-state index contributed by atoms with van der Waals surface area (Å²) in [6, 6.07) is 7.00. The molecule has 0 saturated heterocycles. The number of benzene rings is 2. The van der Waals surface area contributed by atoms with Gasteiger partial charge in [-0.3, -0.25) is 0 Å². The van der Waals surface area contributed by atoms with E-state index in [0.29, 0.717) is 23.0 Å². The highest BCUT2D eigenvalue weighted by atomic mass is 19.2. The van der Waals surface area contributed by atoms with Gasteiger partial charge < -0.3 is 4.74 Å². The average molecular weight is 711 g/mol. The van der Waals surface area contributed by atoms with Gasteiger partial charge >= 0.3 is 0 Å². The first-order valence-electron chi connectivity index (χ1n) is 21.4. The van der Waals surface area contributed by atoms with Crippen LogP contribution in [-0.4, -0.2) is 0 Å². The van der Waals surface area contributed by atoms with Gasteiger partial charge in [-0.25, -0.2) is 17.6 Å². The number of hydrogen-bond acceptors (Lipinski definition) is 1. The van der Waals surface area contributed by atoms with Crippen LogP contribution in [0.2, 0.25) is 0 Å². The van der Waals surface area contributed by atoms with Crippen molar-refractivity contribution in [1.82, 2.24) is 0 Å². The van der Waals surface area contributed by atoms with Gasteiger partial charge in [0, 0.05) is 22.0 Å². The van der Waals surface area contributed by atoms with Crippen LogP contribution in [0.5, 0.6) is 0 Å². The minimum absolute atomic E-state index is 0.138. The molecule has 6 rings (SSSR count). The minimum atomic E-state index is -0.847. The molecule has 284 valence electrons. The molecule has 0 N–H and O–H groups in total. The molecule has 5 heteroatoms. The molecule has 51 heavy (non-hydrogen) atoms. The molecule has 4 saturated carbocycles. The second-order valence-electron chi connectivity index (χ2n) is 17.4. The Labute approximate surface area is 307 Å². The maximum atomic E-state index is 16.1. The highest BCUT2D eigenvalue weighted by molar-refractivity contribution is 5.35. The van der Waals surface area contributed by atoms with E-state index in [9.17, 15) is 0 Å². The Morgan fingerprint density at radius 3 is 1.24 bits per heavy atom. The van der Waals surface area contributed by atoms with Crippen LogP contribution in [-0.2, 0) is 28.8 Å². The Kier molecular flexibility index (Phi) is 13.7. The molecule has 2 aromatic carbocycles. The van der Waals surface area contributed by atoms with Crippen molar-refractivity contribution in [3.05, 3.63) is 69.8 Å². The summed E-state index contributed by atoms with van der Waals surface area (Å²) < 4.78 is 69.6. The largest absolute Gasteiger partial charge is 0.372 e. The van der Waals surface area contributed by atoms with Gasteiger partial charge in [0.2, 0.25) is 0 Å². The van der Waals surface area contributed by atoms with Crippen LogP contribution in [0.4, 0.5) is 17.6 Å². The molecular formula is C46H66F4O. The molecule has 4 fully saturated rings. The summed E-state index contributed by atoms with van der Waals surface area (Å²) in [7, 11) is 0. The Hall–Kier alpha value is -1.88. The topological polar surface area (TPSA) is 9.23 Å². The van der Waals surface area contributed by atoms with Crippen molar-refractivity contribution in [3.63, 3.8) is 0 Å². The lowest BCUT2D eigenvalue weighted by molar-refractivity contribution is 0.0995. The highest BCUT2D eigenvalue weighted by Crippen LogP contribution is 2.54. The zero-order valence-electron chi connectivity index (χ0n) is 31.9. The van der Waals surface area contributed by atoms with Crippen LogP contribution in [0, 0.1) is 46.9 Å². The van der Waals surface area contributed by atoms with E-state index in [2.05, 4.69) is 13.8 Å². The van der Waals surface area contributed by atoms with E-state index in [4.69, 9.17) is 4.74 Å². The standard InChI is InChI=1S/C46H66F4O/c1-3-5-13-33-15-21-37(22-16-33)45(27-9-7-10-28-45)39-25-19-35(41(47)43(39)49)31-51-32-36-20-26-40(44(50)42(36)48)46(29-11-8-12-30-46)38-23-17-34(18-24-38)14-6-4-2/h19-20,25-26,33-34,37-38H,3-18,21-24,27-32H2,1-2H3/t33-,34-,37-,38-. The van der Waals surface area contributed by atoms with Gasteiger partial charge in [0.25, 0.3) is 0 Å². The summed E-state index contributed by atoms with van der Waals surface area (Å²) >= 11 is 0. The molecule has 0 aliphatic heterocycles. The highest BCUT2D eigenvalue weighted by Gasteiger charge is 2.46. The fourth-order valence-corrected chi connectivity index (χ4v) is 11.6. The number of unbranched alkanes of at least 4 members (excludes halogenated alkanes) is 2. The van der Waals surface area contributed by atoms with E-state index in [-0.39, 0.29) is 35.2 Å². The third-order valence-electron chi connectivity index (χ3n) is 14.6. The summed E-state index contributed by atoms with van der Waals surface area (Å²) in [6.07, 6.45) is 27.0. The first-order valence-corrected chi connectivity index (χ1v) is 21.4. The van der Waals surface area contributed by atoms with E-state index >= 15 is 17.6 Å². The van der Waals surface area contributed by atoms with Gasteiger partial charge in [-0.1, -0.05) is 141 Å². The fourth-order valence-electron chi connectivity index (χ4n) is 11.6. The van der Waals surface area contributed by atoms with E-state index in [1.165, 1.54) is 64.2 Å². The first-order chi connectivity index (χ1) is 24.8. The summed E-state index contributed by atoms with van der Waals surface area (Å²) in [5, 5.41) is 0. The number of rotatable bonds is 14.